The van der Waals surface area contributed by atoms with Gasteiger partial charge >= 0.3 is 0 Å². The highest BCUT2D eigenvalue weighted by atomic mass is 35.7. The summed E-state index contributed by atoms with van der Waals surface area (Å²) in [7, 11) is 2.83. The summed E-state index contributed by atoms with van der Waals surface area (Å²) in [6.45, 7) is 0.111. The first-order valence-corrected chi connectivity index (χ1v) is 7.30. The smallest absolute Gasteiger partial charge is 0.296 e. The van der Waals surface area contributed by atoms with Crippen molar-refractivity contribution in [2.24, 2.45) is 7.05 Å². The van der Waals surface area contributed by atoms with Crippen molar-refractivity contribution >= 4 is 19.7 Å². The van der Waals surface area contributed by atoms with Crippen LogP contribution in [0.15, 0.2) is 35.5 Å². The molecular weight excluding hydrogens is 278 g/mol. The lowest BCUT2D eigenvalue weighted by Gasteiger charge is -2.05. The largest absolute Gasteiger partial charge is 0.486 e. The van der Waals surface area contributed by atoms with Crippen molar-refractivity contribution < 1.29 is 13.2 Å². The maximum atomic E-state index is 11.1. The van der Waals surface area contributed by atoms with Crippen LogP contribution in [0.2, 0.25) is 0 Å². The Morgan fingerprint density at radius 1 is 1.28 bits per heavy atom. The minimum atomic E-state index is -3.89. The van der Waals surface area contributed by atoms with Crippen molar-refractivity contribution in [2.75, 3.05) is 0 Å². The standard InChI is InChI=1S/C10H10ClN3O3S/c1-14-9(12-13-10(14)18(11,15)16)7-17-8-5-3-2-4-6-8/h2-6H,7H2,1H3. The molecule has 0 bridgehead atoms. The molecule has 0 atom stereocenters. The molecule has 96 valence electrons. The van der Waals surface area contributed by atoms with E-state index in [4.69, 9.17) is 15.4 Å². The second kappa shape index (κ2) is 4.95. The zero-order chi connectivity index (χ0) is 13.2. The highest BCUT2D eigenvalue weighted by molar-refractivity contribution is 8.13. The summed E-state index contributed by atoms with van der Waals surface area (Å²) in [6, 6.07) is 9.11. The Labute approximate surface area is 109 Å². The van der Waals surface area contributed by atoms with Gasteiger partial charge in [0.2, 0.25) is 0 Å². The van der Waals surface area contributed by atoms with Gasteiger partial charge in [0.15, 0.2) is 5.82 Å². The van der Waals surface area contributed by atoms with Gasteiger partial charge in [-0.1, -0.05) is 18.2 Å². The number of rotatable bonds is 4. The van der Waals surface area contributed by atoms with Crippen molar-refractivity contribution in [3.05, 3.63) is 36.2 Å². The van der Waals surface area contributed by atoms with Crippen molar-refractivity contribution in [1.29, 1.82) is 0 Å². The van der Waals surface area contributed by atoms with Crippen molar-refractivity contribution in [2.45, 2.75) is 11.8 Å². The summed E-state index contributed by atoms with van der Waals surface area (Å²) in [5, 5.41) is 6.94. The number of hydrogen-bond acceptors (Lipinski definition) is 5. The Hall–Kier alpha value is -1.60. The van der Waals surface area contributed by atoms with Gasteiger partial charge in [-0.05, 0) is 12.1 Å². The zero-order valence-corrected chi connectivity index (χ0v) is 11.0. The van der Waals surface area contributed by atoms with Crippen molar-refractivity contribution in [1.82, 2.24) is 14.8 Å². The number of halogens is 1. The monoisotopic (exact) mass is 287 g/mol. The number of benzene rings is 1. The first kappa shape index (κ1) is 12.8. The molecule has 0 amide bonds. The van der Waals surface area contributed by atoms with Gasteiger partial charge in [-0.2, -0.15) is 0 Å². The lowest BCUT2D eigenvalue weighted by Crippen LogP contribution is -2.07. The minimum Gasteiger partial charge on any atom is -0.486 e. The minimum absolute atomic E-state index is 0.111. The number of aromatic nitrogens is 3. The van der Waals surface area contributed by atoms with Crippen LogP contribution in [0.1, 0.15) is 5.82 Å². The van der Waals surface area contributed by atoms with Crippen LogP contribution >= 0.6 is 10.7 Å². The third-order valence-electron chi connectivity index (χ3n) is 2.25. The summed E-state index contributed by atoms with van der Waals surface area (Å²) in [5.74, 6) is 1.04. The predicted molar refractivity (Wildman–Crippen MR) is 64.8 cm³/mol. The van der Waals surface area contributed by atoms with Gasteiger partial charge in [-0.15, -0.1) is 10.2 Å². The van der Waals surface area contributed by atoms with E-state index in [1.165, 1.54) is 11.6 Å². The van der Waals surface area contributed by atoms with Crippen LogP contribution in [-0.4, -0.2) is 23.2 Å². The van der Waals surface area contributed by atoms with E-state index in [0.717, 1.165) is 0 Å². The fourth-order valence-electron chi connectivity index (χ4n) is 1.35. The van der Waals surface area contributed by atoms with E-state index in [1.807, 2.05) is 18.2 Å². The first-order valence-electron chi connectivity index (χ1n) is 4.99. The second-order valence-corrected chi connectivity index (χ2v) is 5.96. The van der Waals surface area contributed by atoms with E-state index >= 15 is 0 Å². The van der Waals surface area contributed by atoms with E-state index in [-0.39, 0.29) is 11.8 Å². The molecule has 1 aromatic carbocycles. The molecule has 0 saturated heterocycles. The predicted octanol–water partition coefficient (Wildman–Crippen LogP) is 1.32. The average molecular weight is 288 g/mol. The summed E-state index contributed by atoms with van der Waals surface area (Å²) in [5.41, 5.74) is 0. The molecule has 0 unspecified atom stereocenters. The van der Waals surface area contributed by atoms with Gasteiger partial charge in [0.25, 0.3) is 14.2 Å². The molecule has 6 nitrogen and oxygen atoms in total. The topological polar surface area (TPSA) is 74.1 Å². The van der Waals surface area contributed by atoms with E-state index in [9.17, 15) is 8.42 Å². The normalized spacial score (nSPS) is 11.4. The van der Waals surface area contributed by atoms with Crippen LogP contribution in [-0.2, 0) is 22.7 Å². The summed E-state index contributed by atoms with van der Waals surface area (Å²) in [4.78, 5) is 0. The third-order valence-corrected chi connectivity index (χ3v) is 3.46. The number of hydrogen-bond donors (Lipinski definition) is 0. The van der Waals surface area contributed by atoms with Crippen molar-refractivity contribution in [3.63, 3.8) is 0 Å². The highest BCUT2D eigenvalue weighted by Crippen LogP contribution is 2.14. The molecule has 0 aliphatic rings. The van der Waals surface area contributed by atoms with Gasteiger partial charge in [0.1, 0.15) is 12.4 Å². The van der Waals surface area contributed by atoms with E-state index < -0.39 is 9.05 Å². The van der Waals surface area contributed by atoms with Gasteiger partial charge in [0, 0.05) is 17.7 Å². The SMILES string of the molecule is Cn1c(COc2ccccc2)nnc1S(=O)(=O)Cl. The molecule has 0 aliphatic heterocycles. The highest BCUT2D eigenvalue weighted by Gasteiger charge is 2.20. The van der Waals surface area contributed by atoms with Gasteiger partial charge in [-0.3, -0.25) is 0 Å². The summed E-state index contributed by atoms with van der Waals surface area (Å²) in [6.07, 6.45) is 0. The number of para-hydroxylation sites is 1. The van der Waals surface area contributed by atoms with Crippen molar-refractivity contribution in [3.8, 4) is 5.75 Å². The lowest BCUT2D eigenvalue weighted by atomic mass is 10.3. The Bertz CT molecular complexity index is 640. The molecule has 2 aromatic rings. The molecule has 0 radical (unpaired) electrons. The molecule has 18 heavy (non-hydrogen) atoms. The van der Waals surface area contributed by atoms with Crippen LogP contribution in [0.25, 0.3) is 0 Å². The first-order chi connectivity index (χ1) is 8.48. The quantitative estimate of drug-likeness (QED) is 0.793. The second-order valence-electron chi connectivity index (χ2n) is 3.50. The molecule has 2 rings (SSSR count). The summed E-state index contributed by atoms with van der Waals surface area (Å²) < 4.78 is 29.0. The lowest BCUT2D eigenvalue weighted by molar-refractivity contribution is 0.290. The van der Waals surface area contributed by atoms with E-state index in [1.54, 1.807) is 12.1 Å². The van der Waals surface area contributed by atoms with Gasteiger partial charge in [0.05, 0.1) is 0 Å². The molecular formula is C10H10ClN3O3S. The maximum absolute atomic E-state index is 11.1. The molecule has 8 heteroatoms. The van der Waals surface area contributed by atoms with Crippen LogP contribution in [0.4, 0.5) is 0 Å². The van der Waals surface area contributed by atoms with Crippen LogP contribution in [0, 0.1) is 0 Å². The Kier molecular flexibility index (Phi) is 3.53. The van der Waals surface area contributed by atoms with Gasteiger partial charge in [-0.25, -0.2) is 8.42 Å². The molecule has 0 spiro atoms. The fraction of sp³-hybridized carbons (Fsp3) is 0.200. The summed E-state index contributed by atoms with van der Waals surface area (Å²) >= 11 is 0. The molecule has 0 N–H and O–H groups in total. The number of ether oxygens (including phenoxy) is 1. The number of nitrogens with zero attached hydrogens (tertiary/aromatic N) is 3. The average Bonchev–Trinajstić information content (AvgIpc) is 2.69. The zero-order valence-electron chi connectivity index (χ0n) is 9.45. The third kappa shape index (κ3) is 2.80. The van der Waals surface area contributed by atoms with E-state index in [2.05, 4.69) is 10.2 Å². The van der Waals surface area contributed by atoms with Crippen LogP contribution in [0.5, 0.6) is 5.75 Å². The molecule has 0 aliphatic carbocycles. The Balaban J connectivity index is 2.14. The Morgan fingerprint density at radius 3 is 2.50 bits per heavy atom. The molecule has 0 saturated carbocycles. The molecule has 0 fully saturated rings. The Morgan fingerprint density at radius 2 is 1.94 bits per heavy atom. The van der Waals surface area contributed by atoms with Gasteiger partial charge < -0.3 is 9.30 Å². The molecule has 1 aromatic heterocycles. The van der Waals surface area contributed by atoms with Crippen LogP contribution < -0.4 is 4.74 Å². The maximum Gasteiger partial charge on any atom is 0.296 e. The fourth-order valence-corrected chi connectivity index (χ4v) is 2.32. The molecule has 1 heterocycles. The van der Waals surface area contributed by atoms with Crippen LogP contribution in [0.3, 0.4) is 0 Å². The van der Waals surface area contributed by atoms with E-state index in [0.29, 0.717) is 11.6 Å².